The molecule has 0 heterocycles. The van der Waals surface area contributed by atoms with Crippen LogP contribution in [0.1, 0.15) is 36.1 Å². The van der Waals surface area contributed by atoms with E-state index in [1.807, 2.05) is 0 Å². The topological polar surface area (TPSA) is 52.5 Å². The number of hydrogen-bond acceptors (Lipinski definition) is 3. The average molecular weight is 271 g/mol. The number of hydrogen-bond donors (Lipinski definition) is 3. The molecule has 1 atom stereocenters. The highest BCUT2D eigenvalue weighted by Crippen LogP contribution is 2.24. The van der Waals surface area contributed by atoms with Gasteiger partial charge in [-0.15, -0.1) is 0 Å². The first-order valence-electron chi connectivity index (χ1n) is 6.91. The summed E-state index contributed by atoms with van der Waals surface area (Å²) in [5, 5.41) is 22.5. The van der Waals surface area contributed by atoms with Crippen molar-refractivity contribution in [3.8, 4) is 11.5 Å². The van der Waals surface area contributed by atoms with Crippen molar-refractivity contribution >= 4 is 0 Å². The van der Waals surface area contributed by atoms with Crippen molar-refractivity contribution in [1.29, 1.82) is 0 Å². The van der Waals surface area contributed by atoms with Crippen LogP contribution in [0.25, 0.3) is 0 Å². The zero-order valence-corrected chi connectivity index (χ0v) is 11.9. The standard InChI is InChI=1S/C17H21NO2/c1-3-16(13-6-4-12(2)5-7-13)18-11-14-8-9-15(19)10-17(14)20/h4-10,16,18-20H,3,11H2,1-2H3. The van der Waals surface area contributed by atoms with Gasteiger partial charge in [-0.2, -0.15) is 0 Å². The number of nitrogens with one attached hydrogen (secondary N) is 1. The van der Waals surface area contributed by atoms with E-state index in [9.17, 15) is 10.2 Å². The van der Waals surface area contributed by atoms with Gasteiger partial charge in [-0.05, 0) is 25.0 Å². The molecule has 0 aromatic heterocycles. The van der Waals surface area contributed by atoms with Crippen molar-refractivity contribution in [3.63, 3.8) is 0 Å². The van der Waals surface area contributed by atoms with Gasteiger partial charge in [0, 0.05) is 24.2 Å². The Kier molecular flexibility index (Phi) is 4.64. The molecule has 0 aliphatic heterocycles. The van der Waals surface area contributed by atoms with E-state index in [4.69, 9.17) is 0 Å². The van der Waals surface area contributed by atoms with E-state index in [2.05, 4.69) is 43.4 Å². The molecule has 0 saturated carbocycles. The molecule has 2 rings (SSSR count). The first-order chi connectivity index (χ1) is 9.60. The molecule has 2 aromatic carbocycles. The Bertz CT molecular complexity index is 564. The van der Waals surface area contributed by atoms with Crippen LogP contribution in [0.5, 0.6) is 11.5 Å². The average Bonchev–Trinajstić information content (AvgIpc) is 2.43. The summed E-state index contributed by atoms with van der Waals surface area (Å²) in [5.41, 5.74) is 3.28. The lowest BCUT2D eigenvalue weighted by Gasteiger charge is -2.18. The third kappa shape index (κ3) is 3.52. The molecule has 3 N–H and O–H groups in total. The van der Waals surface area contributed by atoms with E-state index in [0.717, 1.165) is 12.0 Å². The summed E-state index contributed by atoms with van der Waals surface area (Å²) in [6, 6.07) is 13.4. The summed E-state index contributed by atoms with van der Waals surface area (Å²) < 4.78 is 0. The lowest BCUT2D eigenvalue weighted by Crippen LogP contribution is -2.20. The zero-order chi connectivity index (χ0) is 14.5. The van der Waals surface area contributed by atoms with Gasteiger partial charge in [0.1, 0.15) is 11.5 Å². The maximum absolute atomic E-state index is 9.78. The molecular weight excluding hydrogens is 250 g/mol. The highest BCUT2D eigenvalue weighted by atomic mass is 16.3. The van der Waals surface area contributed by atoms with E-state index in [1.54, 1.807) is 12.1 Å². The minimum atomic E-state index is 0.0804. The van der Waals surface area contributed by atoms with Crippen LogP contribution in [0.3, 0.4) is 0 Å². The molecule has 0 saturated heterocycles. The van der Waals surface area contributed by atoms with Gasteiger partial charge in [0.15, 0.2) is 0 Å². The minimum Gasteiger partial charge on any atom is -0.508 e. The van der Waals surface area contributed by atoms with Gasteiger partial charge in [-0.1, -0.05) is 42.8 Å². The Morgan fingerprint density at radius 3 is 2.35 bits per heavy atom. The van der Waals surface area contributed by atoms with Gasteiger partial charge in [-0.25, -0.2) is 0 Å². The predicted molar refractivity (Wildman–Crippen MR) is 80.8 cm³/mol. The van der Waals surface area contributed by atoms with Gasteiger partial charge >= 0.3 is 0 Å². The Morgan fingerprint density at radius 2 is 1.75 bits per heavy atom. The van der Waals surface area contributed by atoms with Crippen molar-refractivity contribution in [3.05, 3.63) is 59.2 Å². The largest absolute Gasteiger partial charge is 0.508 e. The molecule has 0 radical (unpaired) electrons. The van der Waals surface area contributed by atoms with Crippen LogP contribution < -0.4 is 5.32 Å². The SMILES string of the molecule is CCC(NCc1ccc(O)cc1O)c1ccc(C)cc1. The molecule has 0 aliphatic rings. The summed E-state index contributed by atoms with van der Waals surface area (Å²) in [6.07, 6.45) is 0.974. The summed E-state index contributed by atoms with van der Waals surface area (Å²) in [4.78, 5) is 0. The van der Waals surface area contributed by atoms with E-state index >= 15 is 0 Å². The van der Waals surface area contributed by atoms with Crippen LogP contribution in [-0.4, -0.2) is 10.2 Å². The summed E-state index contributed by atoms with van der Waals surface area (Å²) >= 11 is 0. The van der Waals surface area contributed by atoms with Crippen molar-refractivity contribution < 1.29 is 10.2 Å². The predicted octanol–water partition coefficient (Wildman–Crippen LogP) is 3.65. The molecule has 20 heavy (non-hydrogen) atoms. The Labute approximate surface area is 119 Å². The van der Waals surface area contributed by atoms with Crippen LogP contribution in [0.4, 0.5) is 0 Å². The monoisotopic (exact) mass is 271 g/mol. The number of aromatic hydroxyl groups is 2. The maximum atomic E-state index is 9.78. The van der Waals surface area contributed by atoms with Crippen molar-refractivity contribution in [2.45, 2.75) is 32.9 Å². The first-order valence-corrected chi connectivity index (χ1v) is 6.91. The normalized spacial score (nSPS) is 12.3. The zero-order valence-electron chi connectivity index (χ0n) is 11.9. The quantitative estimate of drug-likeness (QED) is 0.778. The fraction of sp³-hybridized carbons (Fsp3) is 0.294. The first kappa shape index (κ1) is 14.4. The summed E-state index contributed by atoms with van der Waals surface area (Å²) in [6.45, 7) is 4.78. The highest BCUT2D eigenvalue weighted by molar-refractivity contribution is 5.39. The fourth-order valence-electron chi connectivity index (χ4n) is 2.23. The van der Waals surface area contributed by atoms with Crippen molar-refractivity contribution in [1.82, 2.24) is 5.32 Å². The molecule has 0 spiro atoms. The summed E-state index contributed by atoms with van der Waals surface area (Å²) in [5.74, 6) is 0.202. The summed E-state index contributed by atoms with van der Waals surface area (Å²) in [7, 11) is 0. The Hall–Kier alpha value is -2.00. The number of benzene rings is 2. The van der Waals surface area contributed by atoms with E-state index in [1.165, 1.54) is 17.2 Å². The van der Waals surface area contributed by atoms with Crippen molar-refractivity contribution in [2.75, 3.05) is 0 Å². The molecular formula is C17H21NO2. The van der Waals surface area contributed by atoms with E-state index in [-0.39, 0.29) is 17.5 Å². The van der Waals surface area contributed by atoms with Crippen LogP contribution in [0, 0.1) is 6.92 Å². The second kappa shape index (κ2) is 6.44. The van der Waals surface area contributed by atoms with Crippen LogP contribution >= 0.6 is 0 Å². The molecule has 2 aromatic rings. The molecule has 1 unspecified atom stereocenters. The third-order valence-electron chi connectivity index (χ3n) is 3.50. The lowest BCUT2D eigenvalue weighted by atomic mass is 10.0. The molecule has 0 bridgehead atoms. The smallest absolute Gasteiger partial charge is 0.123 e. The highest BCUT2D eigenvalue weighted by Gasteiger charge is 2.10. The number of aryl methyl sites for hydroxylation is 1. The van der Waals surface area contributed by atoms with Gasteiger partial charge in [-0.3, -0.25) is 0 Å². The van der Waals surface area contributed by atoms with Crippen molar-refractivity contribution in [2.24, 2.45) is 0 Å². The second-order valence-electron chi connectivity index (χ2n) is 5.07. The fourth-order valence-corrected chi connectivity index (χ4v) is 2.23. The van der Waals surface area contributed by atoms with Crippen LogP contribution in [-0.2, 0) is 6.54 Å². The lowest BCUT2D eigenvalue weighted by molar-refractivity contribution is 0.438. The maximum Gasteiger partial charge on any atom is 0.123 e. The Balaban J connectivity index is 2.05. The second-order valence-corrected chi connectivity index (χ2v) is 5.07. The molecule has 106 valence electrons. The molecule has 0 aliphatic carbocycles. The van der Waals surface area contributed by atoms with Gasteiger partial charge in [0.2, 0.25) is 0 Å². The van der Waals surface area contributed by atoms with Gasteiger partial charge < -0.3 is 15.5 Å². The molecule has 3 nitrogen and oxygen atoms in total. The van der Waals surface area contributed by atoms with E-state index in [0.29, 0.717) is 6.54 Å². The molecule has 0 amide bonds. The number of rotatable bonds is 5. The molecule has 3 heteroatoms. The van der Waals surface area contributed by atoms with E-state index < -0.39 is 0 Å². The minimum absolute atomic E-state index is 0.0804. The molecule has 0 fully saturated rings. The van der Waals surface area contributed by atoms with Gasteiger partial charge in [0.25, 0.3) is 0 Å². The van der Waals surface area contributed by atoms with Crippen LogP contribution in [0.2, 0.25) is 0 Å². The number of phenolic OH excluding ortho intramolecular Hbond substituents is 2. The number of phenols is 2. The van der Waals surface area contributed by atoms with Crippen LogP contribution in [0.15, 0.2) is 42.5 Å². The Morgan fingerprint density at radius 1 is 1.05 bits per heavy atom. The van der Waals surface area contributed by atoms with Gasteiger partial charge in [0.05, 0.1) is 0 Å². The third-order valence-corrected chi connectivity index (χ3v) is 3.50.